The molecule has 1 aromatic carbocycles. The molecule has 0 fully saturated rings. The van der Waals surface area contributed by atoms with Crippen molar-refractivity contribution < 1.29 is 0 Å². The van der Waals surface area contributed by atoms with Crippen LogP contribution in [0, 0.1) is 27.7 Å². The van der Waals surface area contributed by atoms with Gasteiger partial charge in [-0.2, -0.15) is 0 Å². The van der Waals surface area contributed by atoms with Gasteiger partial charge in [-0.15, -0.1) is 0 Å². The smallest absolute Gasteiger partial charge is 0.0894 e. The predicted octanol–water partition coefficient (Wildman–Crippen LogP) is 5.13. The first-order chi connectivity index (χ1) is 11.5. The summed E-state index contributed by atoms with van der Waals surface area (Å²) >= 11 is 0. The number of hydrogen-bond donors (Lipinski definition) is 0. The highest BCUT2D eigenvalue weighted by molar-refractivity contribution is 5.81. The van der Waals surface area contributed by atoms with Crippen LogP contribution in [-0.4, -0.2) is 16.2 Å². The number of benzene rings is 1. The fraction of sp³-hybridized carbons (Fsp3) is 0.190. The van der Waals surface area contributed by atoms with Gasteiger partial charge >= 0.3 is 0 Å². The number of rotatable bonds is 3. The van der Waals surface area contributed by atoms with Crippen molar-refractivity contribution in [1.29, 1.82) is 0 Å². The van der Waals surface area contributed by atoms with E-state index in [1.807, 2.05) is 49.5 Å². The van der Waals surface area contributed by atoms with Crippen LogP contribution in [0.15, 0.2) is 53.5 Å². The fourth-order valence-corrected chi connectivity index (χ4v) is 2.86. The molecule has 0 bridgehead atoms. The Bertz CT molecular complexity index is 887. The molecule has 0 aliphatic carbocycles. The first-order valence-corrected chi connectivity index (χ1v) is 8.06. The van der Waals surface area contributed by atoms with Crippen molar-refractivity contribution in [1.82, 2.24) is 9.97 Å². The lowest BCUT2D eigenvalue weighted by Crippen LogP contribution is -1.93. The molecule has 3 aromatic rings. The molecule has 0 aliphatic rings. The van der Waals surface area contributed by atoms with E-state index in [4.69, 9.17) is 0 Å². The summed E-state index contributed by atoms with van der Waals surface area (Å²) in [5.74, 6) is 0. The number of aliphatic imine (C=N–C) groups is 1. The molecule has 0 aliphatic heterocycles. The van der Waals surface area contributed by atoms with Gasteiger partial charge in [0.25, 0.3) is 0 Å². The Hall–Kier alpha value is -2.81. The van der Waals surface area contributed by atoms with Gasteiger partial charge in [0, 0.05) is 5.69 Å². The maximum absolute atomic E-state index is 4.66. The zero-order chi connectivity index (χ0) is 17.1. The summed E-state index contributed by atoms with van der Waals surface area (Å²) in [7, 11) is 0. The molecule has 120 valence electrons. The fourth-order valence-electron chi connectivity index (χ4n) is 2.86. The van der Waals surface area contributed by atoms with Crippen LogP contribution in [0.4, 0.5) is 5.69 Å². The number of aryl methyl sites for hydroxylation is 4. The Morgan fingerprint density at radius 1 is 0.792 bits per heavy atom. The van der Waals surface area contributed by atoms with Crippen LogP contribution in [0.25, 0.3) is 11.4 Å². The normalized spacial score (nSPS) is 11.2. The lowest BCUT2D eigenvalue weighted by molar-refractivity contribution is 1.17. The maximum atomic E-state index is 4.66. The molecule has 2 aromatic heterocycles. The van der Waals surface area contributed by atoms with Crippen molar-refractivity contribution in [3.05, 3.63) is 76.6 Å². The topological polar surface area (TPSA) is 38.1 Å². The Morgan fingerprint density at radius 3 is 2.08 bits per heavy atom. The molecule has 24 heavy (non-hydrogen) atoms. The monoisotopic (exact) mass is 315 g/mol. The van der Waals surface area contributed by atoms with E-state index >= 15 is 0 Å². The van der Waals surface area contributed by atoms with Crippen LogP contribution in [0.3, 0.4) is 0 Å². The van der Waals surface area contributed by atoms with Crippen LogP contribution in [0.1, 0.15) is 28.1 Å². The van der Waals surface area contributed by atoms with Crippen LogP contribution in [0.5, 0.6) is 0 Å². The molecule has 0 unspecified atom stereocenters. The molecular weight excluding hydrogens is 294 g/mol. The van der Waals surface area contributed by atoms with E-state index in [0.717, 1.165) is 28.5 Å². The Balaban J connectivity index is 1.93. The molecule has 2 heterocycles. The second kappa shape index (κ2) is 6.75. The largest absolute Gasteiger partial charge is 0.254 e. The highest BCUT2D eigenvalue weighted by Gasteiger charge is 2.04. The second-order valence-corrected chi connectivity index (χ2v) is 6.12. The highest BCUT2D eigenvalue weighted by Crippen LogP contribution is 2.25. The summed E-state index contributed by atoms with van der Waals surface area (Å²) in [6.45, 7) is 8.27. The molecule has 0 radical (unpaired) electrons. The van der Waals surface area contributed by atoms with Gasteiger partial charge in [-0.1, -0.05) is 29.8 Å². The van der Waals surface area contributed by atoms with Gasteiger partial charge in [-0.05, 0) is 63.1 Å². The van der Waals surface area contributed by atoms with E-state index < -0.39 is 0 Å². The quantitative estimate of drug-likeness (QED) is 0.629. The number of aromatic nitrogens is 2. The molecule has 0 amide bonds. The second-order valence-electron chi connectivity index (χ2n) is 6.12. The van der Waals surface area contributed by atoms with Crippen LogP contribution in [0.2, 0.25) is 0 Å². The van der Waals surface area contributed by atoms with Gasteiger partial charge in [-0.25, -0.2) is 4.98 Å². The average Bonchev–Trinajstić information content (AvgIpc) is 2.54. The molecule has 0 saturated carbocycles. The van der Waals surface area contributed by atoms with Gasteiger partial charge in [-0.3, -0.25) is 9.98 Å². The first-order valence-electron chi connectivity index (χ1n) is 8.06. The van der Waals surface area contributed by atoms with Crippen molar-refractivity contribution >= 4 is 11.9 Å². The first kappa shape index (κ1) is 16.1. The molecule has 0 saturated heterocycles. The minimum atomic E-state index is 0.829. The van der Waals surface area contributed by atoms with Crippen LogP contribution >= 0.6 is 0 Å². The predicted molar refractivity (Wildman–Crippen MR) is 100 cm³/mol. The molecule has 3 rings (SSSR count). The zero-order valence-corrected chi connectivity index (χ0v) is 14.5. The summed E-state index contributed by atoms with van der Waals surface area (Å²) in [5, 5.41) is 0. The van der Waals surface area contributed by atoms with E-state index in [9.17, 15) is 0 Å². The number of hydrogen-bond acceptors (Lipinski definition) is 3. The highest BCUT2D eigenvalue weighted by atomic mass is 14.8. The average molecular weight is 315 g/mol. The Kier molecular flexibility index (Phi) is 4.52. The van der Waals surface area contributed by atoms with Gasteiger partial charge in [0.15, 0.2) is 0 Å². The molecule has 0 spiro atoms. The summed E-state index contributed by atoms with van der Waals surface area (Å²) in [4.78, 5) is 13.9. The third-order valence-electron chi connectivity index (χ3n) is 3.88. The van der Waals surface area contributed by atoms with Gasteiger partial charge in [0.2, 0.25) is 0 Å². The standard InChI is InChI=1S/C21H21N3/c1-14-11-15(2)21(16(3)12-14)22-13-18-8-6-10-20(24-18)19-9-5-7-17(4)23-19/h5-13H,1-4H3. The molecular formula is C21H21N3. The summed E-state index contributed by atoms with van der Waals surface area (Å²) in [6.07, 6.45) is 1.82. The van der Waals surface area contributed by atoms with Gasteiger partial charge in [0.05, 0.1) is 29.0 Å². The number of pyridine rings is 2. The van der Waals surface area contributed by atoms with Crippen molar-refractivity contribution in [2.75, 3.05) is 0 Å². The number of nitrogens with zero attached hydrogens (tertiary/aromatic N) is 3. The Morgan fingerprint density at radius 2 is 1.42 bits per heavy atom. The lowest BCUT2D eigenvalue weighted by atomic mass is 10.1. The third-order valence-corrected chi connectivity index (χ3v) is 3.88. The molecule has 0 atom stereocenters. The zero-order valence-electron chi connectivity index (χ0n) is 14.5. The molecule has 0 N–H and O–H groups in total. The minimum Gasteiger partial charge on any atom is -0.254 e. The molecule has 3 heteroatoms. The summed E-state index contributed by atoms with van der Waals surface area (Å²) < 4.78 is 0. The van der Waals surface area contributed by atoms with E-state index in [2.05, 4.69) is 47.9 Å². The van der Waals surface area contributed by atoms with Crippen molar-refractivity contribution in [3.63, 3.8) is 0 Å². The van der Waals surface area contributed by atoms with Gasteiger partial charge in [0.1, 0.15) is 0 Å². The van der Waals surface area contributed by atoms with Crippen molar-refractivity contribution in [3.8, 4) is 11.4 Å². The van der Waals surface area contributed by atoms with Crippen LogP contribution < -0.4 is 0 Å². The van der Waals surface area contributed by atoms with E-state index in [-0.39, 0.29) is 0 Å². The SMILES string of the molecule is Cc1cc(C)c(N=Cc2cccc(-c3cccc(C)n3)n2)c(C)c1. The lowest BCUT2D eigenvalue weighted by Gasteiger charge is -2.06. The van der Waals surface area contributed by atoms with Crippen molar-refractivity contribution in [2.45, 2.75) is 27.7 Å². The Labute approximate surface area is 143 Å². The van der Waals surface area contributed by atoms with E-state index in [1.165, 1.54) is 16.7 Å². The van der Waals surface area contributed by atoms with E-state index in [0.29, 0.717) is 0 Å². The van der Waals surface area contributed by atoms with Gasteiger partial charge < -0.3 is 0 Å². The summed E-state index contributed by atoms with van der Waals surface area (Å²) in [5.41, 5.74) is 8.19. The maximum Gasteiger partial charge on any atom is 0.0894 e. The minimum absolute atomic E-state index is 0.829. The third kappa shape index (κ3) is 3.57. The van der Waals surface area contributed by atoms with Crippen molar-refractivity contribution in [2.24, 2.45) is 4.99 Å². The van der Waals surface area contributed by atoms with Crippen LogP contribution in [-0.2, 0) is 0 Å². The van der Waals surface area contributed by atoms with E-state index in [1.54, 1.807) is 0 Å². The summed E-state index contributed by atoms with van der Waals surface area (Å²) in [6, 6.07) is 16.2. The molecule has 3 nitrogen and oxygen atoms in total.